The highest BCUT2D eigenvalue weighted by molar-refractivity contribution is 5.53. The van der Waals surface area contributed by atoms with Gasteiger partial charge in [-0.15, -0.1) is 5.10 Å². The van der Waals surface area contributed by atoms with Crippen LogP contribution < -0.4 is 10.6 Å². The Bertz CT molecular complexity index is 458. The smallest absolute Gasteiger partial charge is 0.156 e. The molecule has 2 rings (SSSR count). The molecule has 2 atom stereocenters. The third-order valence-corrected chi connectivity index (χ3v) is 4.64. The summed E-state index contributed by atoms with van der Waals surface area (Å²) in [5.41, 5.74) is 9.69. The van der Waals surface area contributed by atoms with Gasteiger partial charge in [0.25, 0.3) is 0 Å². The molecule has 2 heterocycles. The Morgan fingerprint density at radius 1 is 1.10 bits per heavy atom. The van der Waals surface area contributed by atoms with Crippen molar-refractivity contribution >= 4 is 5.82 Å². The minimum absolute atomic E-state index is 0.539. The van der Waals surface area contributed by atoms with Crippen molar-refractivity contribution in [1.82, 2.24) is 10.2 Å². The Morgan fingerprint density at radius 2 is 1.85 bits per heavy atom. The zero-order valence-corrected chi connectivity index (χ0v) is 13.3. The van der Waals surface area contributed by atoms with Gasteiger partial charge in [0.1, 0.15) is 0 Å². The summed E-state index contributed by atoms with van der Waals surface area (Å²) in [5, 5.41) is 9.03. The zero-order chi connectivity index (χ0) is 14.7. The van der Waals surface area contributed by atoms with Crippen molar-refractivity contribution in [3.63, 3.8) is 0 Å². The molecule has 0 amide bonds. The highest BCUT2D eigenvalue weighted by Crippen LogP contribution is 2.34. The fourth-order valence-corrected chi connectivity index (χ4v) is 3.52. The molecule has 1 aliphatic heterocycles. The topological polar surface area (TPSA) is 55.0 Å². The monoisotopic (exact) mass is 276 g/mol. The Balaban J connectivity index is 2.50. The summed E-state index contributed by atoms with van der Waals surface area (Å²) in [5.74, 6) is 1.04. The van der Waals surface area contributed by atoms with E-state index in [0.29, 0.717) is 18.6 Å². The molecular formula is C16H28N4. The molecule has 0 aliphatic carbocycles. The Morgan fingerprint density at radius 3 is 2.40 bits per heavy atom. The molecule has 1 aliphatic rings. The van der Waals surface area contributed by atoms with Crippen molar-refractivity contribution in [3.05, 3.63) is 16.8 Å². The molecule has 1 fully saturated rings. The van der Waals surface area contributed by atoms with Crippen LogP contribution in [0, 0.1) is 0 Å². The molecule has 4 nitrogen and oxygen atoms in total. The molecule has 0 spiro atoms. The normalized spacial score (nSPS) is 22.6. The van der Waals surface area contributed by atoms with E-state index in [1.54, 1.807) is 0 Å². The van der Waals surface area contributed by atoms with Crippen LogP contribution in [-0.4, -0.2) is 22.3 Å². The lowest BCUT2D eigenvalue weighted by Gasteiger charge is -2.31. The van der Waals surface area contributed by atoms with Gasteiger partial charge in [-0.05, 0) is 44.6 Å². The third kappa shape index (κ3) is 2.53. The van der Waals surface area contributed by atoms with Gasteiger partial charge in [0, 0.05) is 24.2 Å². The molecule has 1 aromatic heterocycles. The molecule has 0 saturated carbocycles. The molecule has 20 heavy (non-hydrogen) atoms. The average Bonchev–Trinajstić information content (AvgIpc) is 2.86. The zero-order valence-electron chi connectivity index (χ0n) is 13.3. The summed E-state index contributed by atoms with van der Waals surface area (Å²) in [6.07, 6.45) is 5.56. The van der Waals surface area contributed by atoms with Crippen LogP contribution in [0.3, 0.4) is 0 Å². The van der Waals surface area contributed by atoms with Crippen LogP contribution in [0.25, 0.3) is 0 Å². The van der Waals surface area contributed by atoms with Crippen LogP contribution >= 0.6 is 0 Å². The van der Waals surface area contributed by atoms with Crippen molar-refractivity contribution in [1.29, 1.82) is 0 Å². The van der Waals surface area contributed by atoms with Crippen LogP contribution in [-0.2, 0) is 19.4 Å². The molecule has 2 N–H and O–H groups in total. The van der Waals surface area contributed by atoms with E-state index in [-0.39, 0.29) is 0 Å². The summed E-state index contributed by atoms with van der Waals surface area (Å²) in [4.78, 5) is 2.47. The number of hydrogen-bond acceptors (Lipinski definition) is 4. The summed E-state index contributed by atoms with van der Waals surface area (Å²) in [6, 6.07) is 1.12. The third-order valence-electron chi connectivity index (χ3n) is 4.64. The fraction of sp³-hybridized carbons (Fsp3) is 0.750. The van der Waals surface area contributed by atoms with Gasteiger partial charge in [0.05, 0.1) is 5.69 Å². The van der Waals surface area contributed by atoms with E-state index in [9.17, 15) is 0 Å². The van der Waals surface area contributed by atoms with Crippen LogP contribution in [0.2, 0.25) is 0 Å². The first-order valence-corrected chi connectivity index (χ1v) is 8.03. The van der Waals surface area contributed by atoms with E-state index in [0.717, 1.165) is 30.8 Å². The predicted octanol–water partition coefficient (Wildman–Crippen LogP) is 2.83. The molecule has 4 heteroatoms. The second-order valence-corrected chi connectivity index (χ2v) is 5.73. The van der Waals surface area contributed by atoms with Crippen molar-refractivity contribution in [2.45, 2.75) is 78.4 Å². The summed E-state index contributed by atoms with van der Waals surface area (Å²) >= 11 is 0. The summed E-state index contributed by atoms with van der Waals surface area (Å²) in [6.45, 7) is 9.42. The average molecular weight is 276 g/mol. The van der Waals surface area contributed by atoms with E-state index in [1.807, 2.05) is 0 Å². The second-order valence-electron chi connectivity index (χ2n) is 5.73. The first kappa shape index (κ1) is 15.2. The minimum atomic E-state index is 0.539. The molecule has 1 aromatic rings. The first-order valence-electron chi connectivity index (χ1n) is 8.03. The SMILES string of the molecule is CCc1nnc(N2C(C)CCC2CC)c(CN)c1CC. The van der Waals surface area contributed by atoms with Crippen molar-refractivity contribution in [2.24, 2.45) is 5.73 Å². The van der Waals surface area contributed by atoms with E-state index in [4.69, 9.17) is 5.73 Å². The number of rotatable bonds is 5. The lowest BCUT2D eigenvalue weighted by molar-refractivity contribution is 0.610. The number of anilines is 1. The highest BCUT2D eigenvalue weighted by Gasteiger charge is 2.32. The van der Waals surface area contributed by atoms with E-state index < -0.39 is 0 Å². The van der Waals surface area contributed by atoms with Crippen LogP contribution in [0.5, 0.6) is 0 Å². The maximum Gasteiger partial charge on any atom is 0.156 e. The Hall–Kier alpha value is -1.16. The highest BCUT2D eigenvalue weighted by atomic mass is 15.3. The molecule has 0 radical (unpaired) electrons. The lowest BCUT2D eigenvalue weighted by atomic mass is 10.0. The number of aromatic nitrogens is 2. The second kappa shape index (κ2) is 6.53. The van der Waals surface area contributed by atoms with Gasteiger partial charge >= 0.3 is 0 Å². The standard InChI is InChI=1S/C16H28N4/c1-5-12-9-8-11(4)20(12)16-14(10-17)13(6-2)15(7-3)18-19-16/h11-12H,5-10,17H2,1-4H3. The lowest BCUT2D eigenvalue weighted by Crippen LogP contribution is -2.36. The number of hydrogen-bond donors (Lipinski definition) is 1. The van der Waals surface area contributed by atoms with Crippen molar-refractivity contribution < 1.29 is 0 Å². The van der Waals surface area contributed by atoms with Crippen LogP contribution in [0.4, 0.5) is 5.82 Å². The quantitative estimate of drug-likeness (QED) is 0.898. The largest absolute Gasteiger partial charge is 0.349 e. The molecule has 112 valence electrons. The van der Waals surface area contributed by atoms with E-state index in [1.165, 1.54) is 24.0 Å². The number of nitrogens with two attached hydrogens (primary N) is 1. The molecule has 0 aromatic carbocycles. The van der Waals surface area contributed by atoms with Gasteiger partial charge in [0.2, 0.25) is 0 Å². The predicted molar refractivity (Wildman–Crippen MR) is 83.9 cm³/mol. The van der Waals surface area contributed by atoms with Gasteiger partial charge < -0.3 is 10.6 Å². The van der Waals surface area contributed by atoms with Crippen LogP contribution in [0.15, 0.2) is 0 Å². The molecular weight excluding hydrogens is 248 g/mol. The maximum atomic E-state index is 6.06. The van der Waals surface area contributed by atoms with Crippen LogP contribution in [0.1, 0.15) is 63.8 Å². The Labute approximate surface area is 122 Å². The minimum Gasteiger partial charge on any atom is -0.349 e. The molecule has 2 unspecified atom stereocenters. The fourth-order valence-electron chi connectivity index (χ4n) is 3.52. The maximum absolute atomic E-state index is 6.06. The molecule has 0 bridgehead atoms. The van der Waals surface area contributed by atoms with Gasteiger partial charge in [-0.3, -0.25) is 0 Å². The van der Waals surface area contributed by atoms with Crippen molar-refractivity contribution in [2.75, 3.05) is 4.90 Å². The molecule has 1 saturated heterocycles. The van der Waals surface area contributed by atoms with Gasteiger partial charge in [-0.2, -0.15) is 5.10 Å². The Kier molecular flexibility index (Phi) is 4.97. The number of aryl methyl sites for hydroxylation is 1. The van der Waals surface area contributed by atoms with Gasteiger partial charge in [-0.25, -0.2) is 0 Å². The van der Waals surface area contributed by atoms with Crippen molar-refractivity contribution in [3.8, 4) is 0 Å². The van der Waals surface area contributed by atoms with E-state index in [2.05, 4.69) is 42.8 Å². The van der Waals surface area contributed by atoms with Gasteiger partial charge in [-0.1, -0.05) is 20.8 Å². The first-order chi connectivity index (χ1) is 9.67. The van der Waals surface area contributed by atoms with Gasteiger partial charge in [0.15, 0.2) is 5.82 Å². The van der Waals surface area contributed by atoms with E-state index >= 15 is 0 Å². The number of nitrogens with zero attached hydrogens (tertiary/aromatic N) is 3. The summed E-state index contributed by atoms with van der Waals surface area (Å²) < 4.78 is 0. The summed E-state index contributed by atoms with van der Waals surface area (Å²) in [7, 11) is 0.